The molecule has 0 spiro atoms. The Labute approximate surface area is 94.1 Å². The zero-order valence-electron chi connectivity index (χ0n) is 9.04. The van der Waals surface area contributed by atoms with Crippen molar-refractivity contribution in [3.63, 3.8) is 0 Å². The molecule has 5 nitrogen and oxygen atoms in total. The Morgan fingerprint density at radius 1 is 1.50 bits per heavy atom. The largest absolute Gasteiger partial charge is 0.480 e. The molecule has 1 aromatic heterocycles. The molecule has 6 heteroatoms. The second-order valence-electron chi connectivity index (χ2n) is 3.66. The van der Waals surface area contributed by atoms with Gasteiger partial charge in [0.05, 0.1) is 5.75 Å². The van der Waals surface area contributed by atoms with E-state index in [2.05, 4.69) is 4.98 Å². The van der Waals surface area contributed by atoms with E-state index in [1.807, 2.05) is 0 Å². The van der Waals surface area contributed by atoms with Gasteiger partial charge in [0.25, 0.3) is 0 Å². The van der Waals surface area contributed by atoms with Crippen molar-refractivity contribution in [3.8, 4) is 0 Å². The third kappa shape index (κ3) is 3.03. The van der Waals surface area contributed by atoms with Gasteiger partial charge in [-0.15, -0.1) is 0 Å². The van der Waals surface area contributed by atoms with Crippen LogP contribution in [0.3, 0.4) is 0 Å². The molecule has 0 saturated heterocycles. The van der Waals surface area contributed by atoms with Gasteiger partial charge in [0, 0.05) is 12.4 Å². The fourth-order valence-corrected chi connectivity index (χ4v) is 2.39. The van der Waals surface area contributed by atoms with Crippen LogP contribution in [-0.2, 0) is 20.4 Å². The van der Waals surface area contributed by atoms with Gasteiger partial charge in [-0.25, -0.2) is 8.42 Å². The summed E-state index contributed by atoms with van der Waals surface area (Å²) in [5, 5.41) is 7.26. The van der Waals surface area contributed by atoms with E-state index >= 15 is 0 Å². The fourth-order valence-electron chi connectivity index (χ4n) is 1.21. The molecule has 88 valence electrons. The first kappa shape index (κ1) is 12.6. The Hall–Kier alpha value is -1.43. The molecular formula is C10H13NO4S. The van der Waals surface area contributed by atoms with E-state index in [9.17, 15) is 13.2 Å². The molecule has 0 amide bonds. The number of carboxylic acid groups (broad SMARTS) is 1. The van der Waals surface area contributed by atoms with Gasteiger partial charge in [-0.05, 0) is 25.0 Å². The molecule has 0 fully saturated rings. The van der Waals surface area contributed by atoms with Crippen molar-refractivity contribution in [2.75, 3.05) is 0 Å². The van der Waals surface area contributed by atoms with Crippen molar-refractivity contribution in [2.24, 2.45) is 0 Å². The zero-order valence-corrected chi connectivity index (χ0v) is 9.86. The third-order valence-electron chi connectivity index (χ3n) is 2.19. The number of carbonyl (C=O) groups is 1. The third-order valence-corrected chi connectivity index (χ3v) is 4.20. The SMILES string of the molecule is Cc1cncc(CS(=O)(=O)C(C)C(=O)O)c1. The van der Waals surface area contributed by atoms with Crippen molar-refractivity contribution >= 4 is 15.8 Å². The molecule has 0 saturated carbocycles. The van der Waals surface area contributed by atoms with E-state index in [4.69, 9.17) is 5.11 Å². The molecule has 0 radical (unpaired) electrons. The Balaban J connectivity index is 2.93. The number of hydrogen-bond donors (Lipinski definition) is 1. The monoisotopic (exact) mass is 243 g/mol. The molecule has 0 aliphatic heterocycles. The predicted octanol–water partition coefficient (Wildman–Crippen LogP) is 0.778. The van der Waals surface area contributed by atoms with Crippen LogP contribution in [0.1, 0.15) is 18.1 Å². The van der Waals surface area contributed by atoms with Crippen molar-refractivity contribution in [1.82, 2.24) is 4.98 Å². The number of rotatable bonds is 4. The van der Waals surface area contributed by atoms with Gasteiger partial charge in [-0.1, -0.05) is 6.07 Å². The molecule has 1 N–H and O–H groups in total. The number of hydrogen-bond acceptors (Lipinski definition) is 4. The topological polar surface area (TPSA) is 84.3 Å². The van der Waals surface area contributed by atoms with Gasteiger partial charge in [0.1, 0.15) is 0 Å². The van der Waals surface area contributed by atoms with Gasteiger partial charge < -0.3 is 5.11 Å². The molecule has 1 heterocycles. The smallest absolute Gasteiger partial charge is 0.321 e. The van der Waals surface area contributed by atoms with E-state index in [1.54, 1.807) is 19.2 Å². The summed E-state index contributed by atoms with van der Waals surface area (Å²) in [5.41, 5.74) is 1.35. The van der Waals surface area contributed by atoms with E-state index in [1.165, 1.54) is 13.1 Å². The summed E-state index contributed by atoms with van der Waals surface area (Å²) >= 11 is 0. The molecule has 16 heavy (non-hydrogen) atoms. The summed E-state index contributed by atoms with van der Waals surface area (Å²) in [5.74, 6) is -1.63. The zero-order chi connectivity index (χ0) is 12.3. The molecule has 0 aliphatic rings. The van der Waals surface area contributed by atoms with Crippen molar-refractivity contribution < 1.29 is 18.3 Å². The Bertz CT molecular complexity index is 495. The summed E-state index contributed by atoms with van der Waals surface area (Å²) < 4.78 is 23.3. The second kappa shape index (κ2) is 4.61. The Kier molecular flexibility index (Phi) is 3.64. The average molecular weight is 243 g/mol. The number of nitrogens with zero attached hydrogens (tertiary/aromatic N) is 1. The number of pyridine rings is 1. The second-order valence-corrected chi connectivity index (χ2v) is 5.98. The lowest BCUT2D eigenvalue weighted by Crippen LogP contribution is -2.28. The van der Waals surface area contributed by atoms with Gasteiger partial charge >= 0.3 is 5.97 Å². The van der Waals surface area contributed by atoms with Crippen LogP contribution in [0.4, 0.5) is 0 Å². The number of aromatic nitrogens is 1. The van der Waals surface area contributed by atoms with E-state index in [0.29, 0.717) is 5.56 Å². The van der Waals surface area contributed by atoms with Gasteiger partial charge in [-0.3, -0.25) is 9.78 Å². The maximum Gasteiger partial charge on any atom is 0.321 e. The Morgan fingerprint density at radius 2 is 2.12 bits per heavy atom. The number of aliphatic carboxylic acids is 1. The molecule has 1 unspecified atom stereocenters. The summed E-state index contributed by atoms with van der Waals surface area (Å²) in [6, 6.07) is 1.68. The molecule has 1 atom stereocenters. The van der Waals surface area contributed by atoms with Gasteiger partial charge in [0.2, 0.25) is 0 Å². The van der Waals surface area contributed by atoms with Crippen LogP contribution >= 0.6 is 0 Å². The van der Waals surface area contributed by atoms with Crippen LogP contribution in [0.15, 0.2) is 18.5 Å². The van der Waals surface area contributed by atoms with Crippen LogP contribution in [0.5, 0.6) is 0 Å². The lowest BCUT2D eigenvalue weighted by atomic mass is 10.2. The highest BCUT2D eigenvalue weighted by Crippen LogP contribution is 2.11. The van der Waals surface area contributed by atoms with E-state index in [0.717, 1.165) is 5.56 Å². The van der Waals surface area contributed by atoms with Crippen LogP contribution in [0.25, 0.3) is 0 Å². The van der Waals surface area contributed by atoms with Crippen molar-refractivity contribution in [1.29, 1.82) is 0 Å². The standard InChI is InChI=1S/C10H13NO4S/c1-7-3-9(5-11-4-7)6-16(14,15)8(2)10(12)13/h3-5,8H,6H2,1-2H3,(H,12,13). The normalized spacial score (nSPS) is 13.4. The number of sulfone groups is 1. The first-order valence-corrected chi connectivity index (χ1v) is 6.39. The van der Waals surface area contributed by atoms with Crippen molar-refractivity contribution in [3.05, 3.63) is 29.6 Å². The lowest BCUT2D eigenvalue weighted by Gasteiger charge is -2.08. The highest BCUT2D eigenvalue weighted by atomic mass is 32.2. The van der Waals surface area contributed by atoms with Crippen LogP contribution < -0.4 is 0 Å². The maximum atomic E-state index is 11.6. The summed E-state index contributed by atoms with van der Waals surface area (Å²) in [4.78, 5) is 14.5. The minimum absolute atomic E-state index is 0.296. The highest BCUT2D eigenvalue weighted by Gasteiger charge is 2.27. The summed E-state index contributed by atoms with van der Waals surface area (Å²) in [6.45, 7) is 2.96. The molecular weight excluding hydrogens is 230 g/mol. The average Bonchev–Trinajstić information content (AvgIpc) is 2.15. The van der Waals surface area contributed by atoms with Crippen LogP contribution in [-0.4, -0.2) is 29.7 Å². The van der Waals surface area contributed by atoms with Crippen LogP contribution in [0, 0.1) is 6.92 Å². The first-order valence-electron chi connectivity index (χ1n) is 4.68. The Morgan fingerprint density at radius 3 is 2.62 bits per heavy atom. The molecule has 0 aliphatic carbocycles. The van der Waals surface area contributed by atoms with E-state index in [-0.39, 0.29) is 5.75 Å². The highest BCUT2D eigenvalue weighted by molar-refractivity contribution is 7.91. The fraction of sp³-hybridized carbons (Fsp3) is 0.400. The first-order chi connectivity index (χ1) is 7.33. The molecule has 0 aromatic carbocycles. The quantitative estimate of drug-likeness (QED) is 0.844. The van der Waals surface area contributed by atoms with E-state index < -0.39 is 21.1 Å². The molecule has 1 aromatic rings. The summed E-state index contributed by atoms with van der Waals surface area (Å²) in [7, 11) is -3.67. The lowest BCUT2D eigenvalue weighted by molar-refractivity contribution is -0.136. The van der Waals surface area contributed by atoms with Gasteiger partial charge in [-0.2, -0.15) is 0 Å². The minimum atomic E-state index is -3.67. The molecule has 0 bridgehead atoms. The predicted molar refractivity (Wildman–Crippen MR) is 58.7 cm³/mol. The van der Waals surface area contributed by atoms with Gasteiger partial charge in [0.15, 0.2) is 15.1 Å². The number of aryl methyl sites for hydroxylation is 1. The number of carboxylic acids is 1. The minimum Gasteiger partial charge on any atom is -0.480 e. The van der Waals surface area contributed by atoms with Crippen molar-refractivity contribution in [2.45, 2.75) is 24.9 Å². The summed E-state index contributed by atoms with van der Waals surface area (Å²) in [6.07, 6.45) is 3.04. The van der Waals surface area contributed by atoms with Crippen LogP contribution in [0.2, 0.25) is 0 Å². The molecule has 1 rings (SSSR count). The maximum absolute atomic E-state index is 11.6.